The predicted molar refractivity (Wildman–Crippen MR) is 65.3 cm³/mol. The van der Waals surface area contributed by atoms with Crippen LogP contribution in [0.4, 0.5) is 0 Å². The molecule has 0 bridgehead atoms. The molecule has 0 spiro atoms. The number of carbonyl (C=O) groups is 1. The summed E-state index contributed by atoms with van der Waals surface area (Å²) in [5.41, 5.74) is -0.173. The Bertz CT molecular complexity index is 389. The monoisotopic (exact) mass is 238 g/mol. The molecule has 0 aromatic heterocycles. The van der Waals surface area contributed by atoms with Crippen LogP contribution in [0, 0.1) is 0 Å². The number of aliphatic hydroxyl groups is 1. The molecule has 2 aliphatic heterocycles. The number of nitrogens with one attached hydrogen (secondary N) is 3. The zero-order chi connectivity index (χ0) is 13.2. The minimum Gasteiger partial charge on any atom is -0.385 e. The van der Waals surface area contributed by atoms with Gasteiger partial charge in [0.1, 0.15) is 6.04 Å². The molecule has 0 saturated carbocycles. The molecule has 0 aromatic rings. The highest BCUT2D eigenvalue weighted by atomic mass is 16.3. The van der Waals surface area contributed by atoms with E-state index in [2.05, 4.69) is 10.6 Å². The maximum atomic E-state index is 11.5. The summed E-state index contributed by atoms with van der Waals surface area (Å²) in [5.74, 6) is -0.228. The number of likely N-dealkylation sites (N-methyl/N-ethyl adjacent to an activating group) is 1. The van der Waals surface area contributed by atoms with Crippen molar-refractivity contribution in [3.8, 4) is 0 Å². The lowest BCUT2D eigenvalue weighted by molar-refractivity contribution is -0.121. The third-order valence-corrected chi connectivity index (χ3v) is 3.32. The van der Waals surface area contributed by atoms with Crippen molar-refractivity contribution in [2.75, 3.05) is 20.1 Å². The first kappa shape index (κ1) is 10.8. The van der Waals surface area contributed by atoms with Gasteiger partial charge >= 0.3 is 0 Å². The highest BCUT2D eigenvalue weighted by Crippen LogP contribution is 2.28. The van der Waals surface area contributed by atoms with Crippen LogP contribution in [-0.2, 0) is 4.79 Å². The summed E-state index contributed by atoms with van der Waals surface area (Å²) in [6.45, 7) is 1.52. The second kappa shape index (κ2) is 4.89. The average Bonchev–Trinajstić information content (AvgIpc) is 2.38. The number of rotatable bonds is 2. The zero-order valence-corrected chi connectivity index (χ0v) is 9.94. The van der Waals surface area contributed by atoms with E-state index in [0.717, 1.165) is 18.4 Å². The van der Waals surface area contributed by atoms with Crippen molar-refractivity contribution < 1.29 is 11.3 Å². The molecule has 17 heavy (non-hydrogen) atoms. The van der Waals surface area contributed by atoms with Gasteiger partial charge in [-0.1, -0.05) is 12.2 Å². The van der Waals surface area contributed by atoms with Crippen molar-refractivity contribution >= 4 is 5.91 Å². The molecule has 5 nitrogen and oxygen atoms in total. The molecule has 5 heteroatoms. The molecule has 2 aliphatic rings. The first-order valence-corrected chi connectivity index (χ1v) is 5.89. The van der Waals surface area contributed by atoms with Gasteiger partial charge in [-0.2, -0.15) is 0 Å². The highest BCUT2D eigenvalue weighted by molar-refractivity contribution is 5.84. The molecule has 1 saturated heterocycles. The zero-order valence-electron chi connectivity index (χ0n) is 10.9. The number of piperidine rings is 1. The lowest BCUT2D eigenvalue weighted by Crippen LogP contribution is -2.46. The van der Waals surface area contributed by atoms with Crippen LogP contribution < -0.4 is 15.9 Å². The summed E-state index contributed by atoms with van der Waals surface area (Å²) in [4.78, 5) is 11.5. The molecule has 1 unspecified atom stereocenters. The van der Waals surface area contributed by atoms with E-state index in [1.165, 1.54) is 0 Å². The van der Waals surface area contributed by atoms with E-state index in [9.17, 15) is 9.90 Å². The van der Waals surface area contributed by atoms with Gasteiger partial charge in [0.2, 0.25) is 5.91 Å². The third-order valence-electron chi connectivity index (χ3n) is 3.32. The number of dihydropyridines is 1. The van der Waals surface area contributed by atoms with Crippen molar-refractivity contribution in [2.45, 2.75) is 24.5 Å². The summed E-state index contributed by atoms with van der Waals surface area (Å²) in [6.07, 6.45) is 6.21. The molecule has 0 aromatic carbocycles. The molecular weight excluding hydrogens is 218 g/mol. The summed E-state index contributed by atoms with van der Waals surface area (Å²) in [6, 6.07) is -0.621. The Morgan fingerprint density at radius 3 is 2.94 bits per heavy atom. The first-order valence-electron chi connectivity index (χ1n) is 6.34. The number of amides is 1. The molecule has 2 heterocycles. The standard InChI is InChI=1S/C12H19N3O2/c1-13-11(16)10-3-2-9(8-15-10)12(17)4-6-14-7-5-12/h2-3,8,10,14-15,17H,4-7H2,1H3,(H,13,16)/i/hD. The van der Waals surface area contributed by atoms with Crippen LogP contribution in [-0.4, -0.2) is 42.8 Å². The summed E-state index contributed by atoms with van der Waals surface area (Å²) in [7, 11) is 1.55. The quantitative estimate of drug-likeness (QED) is 0.511. The number of hydrogen-bond donors (Lipinski definition) is 4. The minimum absolute atomic E-state index is 0.228. The van der Waals surface area contributed by atoms with E-state index in [0.29, 0.717) is 18.4 Å². The van der Waals surface area contributed by atoms with E-state index in [4.69, 9.17) is 1.41 Å². The highest BCUT2D eigenvalue weighted by Gasteiger charge is 2.33. The van der Waals surface area contributed by atoms with Gasteiger partial charge in [-0.05, 0) is 31.5 Å². The molecule has 2 rings (SSSR count). The molecule has 4 N–H and O–H groups in total. The van der Waals surface area contributed by atoms with Crippen LogP contribution >= 0.6 is 0 Å². The topological polar surface area (TPSA) is 73.4 Å². The fourth-order valence-electron chi connectivity index (χ4n) is 2.16. The normalized spacial score (nSPS) is 28.4. The first-order chi connectivity index (χ1) is 8.57. The Morgan fingerprint density at radius 1 is 1.65 bits per heavy atom. The van der Waals surface area contributed by atoms with Gasteiger partial charge in [0.05, 0.1) is 5.60 Å². The Hall–Kier alpha value is -1.33. The lowest BCUT2D eigenvalue weighted by Gasteiger charge is -2.35. The molecule has 1 amide bonds. The Morgan fingerprint density at radius 2 is 2.35 bits per heavy atom. The van der Waals surface area contributed by atoms with Crippen molar-refractivity contribution in [1.82, 2.24) is 15.9 Å². The summed E-state index contributed by atoms with van der Waals surface area (Å²) in [5, 5.41) is 17.3. The minimum atomic E-state index is -0.880. The van der Waals surface area contributed by atoms with Crippen LogP contribution in [0.15, 0.2) is 23.9 Å². The fraction of sp³-hybridized carbons (Fsp3) is 0.583. The van der Waals surface area contributed by atoms with E-state index in [1.807, 2.05) is 0 Å². The Labute approximate surface area is 102 Å². The van der Waals surface area contributed by atoms with Gasteiger partial charge < -0.3 is 21.0 Å². The van der Waals surface area contributed by atoms with Crippen LogP contribution in [0.3, 0.4) is 0 Å². The van der Waals surface area contributed by atoms with Crippen molar-refractivity contribution in [1.29, 1.82) is 0 Å². The lowest BCUT2D eigenvalue weighted by atomic mass is 9.84. The van der Waals surface area contributed by atoms with E-state index < -0.39 is 11.6 Å². The molecular formula is C12H19N3O2. The van der Waals surface area contributed by atoms with E-state index >= 15 is 0 Å². The maximum Gasteiger partial charge on any atom is 0.246 e. The number of hydrogen-bond acceptors (Lipinski definition) is 4. The molecule has 0 radical (unpaired) electrons. The van der Waals surface area contributed by atoms with Crippen LogP contribution in [0.1, 0.15) is 12.8 Å². The fourth-order valence-corrected chi connectivity index (χ4v) is 2.16. The van der Waals surface area contributed by atoms with Crippen LogP contribution in [0.2, 0.25) is 1.41 Å². The largest absolute Gasteiger partial charge is 0.385 e. The Balaban J connectivity index is 2.13. The van der Waals surface area contributed by atoms with Crippen LogP contribution in [0.25, 0.3) is 0 Å². The second-order valence-corrected chi connectivity index (χ2v) is 4.43. The summed E-state index contributed by atoms with van der Waals surface area (Å²) >= 11 is 0. The Kier molecular flexibility index (Phi) is 3.11. The maximum absolute atomic E-state index is 11.5. The SMILES string of the molecule is [2H]N1C=C(C2(O)CCNCC2)C=CC1C(=O)NC. The van der Waals surface area contributed by atoms with E-state index in [-0.39, 0.29) is 5.91 Å². The van der Waals surface area contributed by atoms with Crippen molar-refractivity contribution in [3.05, 3.63) is 23.9 Å². The van der Waals surface area contributed by atoms with Crippen molar-refractivity contribution in [2.24, 2.45) is 0 Å². The predicted octanol–water partition coefficient (Wildman–Crippen LogP) is -0.741. The van der Waals surface area contributed by atoms with Crippen molar-refractivity contribution in [3.63, 3.8) is 0 Å². The molecule has 94 valence electrons. The second-order valence-electron chi connectivity index (χ2n) is 4.43. The van der Waals surface area contributed by atoms with Gasteiger partial charge in [0, 0.05) is 13.2 Å². The third kappa shape index (κ3) is 2.50. The molecule has 1 fully saturated rings. The van der Waals surface area contributed by atoms with Gasteiger partial charge in [-0.3, -0.25) is 4.79 Å². The van der Waals surface area contributed by atoms with Gasteiger partial charge in [0.15, 0.2) is 1.41 Å². The molecule has 1 atom stereocenters. The smallest absolute Gasteiger partial charge is 0.246 e. The van der Waals surface area contributed by atoms with Gasteiger partial charge in [-0.25, -0.2) is 0 Å². The average molecular weight is 238 g/mol. The van der Waals surface area contributed by atoms with E-state index in [1.54, 1.807) is 25.4 Å². The van der Waals surface area contributed by atoms with Gasteiger partial charge in [-0.15, -0.1) is 0 Å². The summed E-state index contributed by atoms with van der Waals surface area (Å²) < 4.78 is 7.82. The van der Waals surface area contributed by atoms with Gasteiger partial charge in [0.25, 0.3) is 0 Å². The number of carbonyl (C=O) groups excluding carboxylic acids is 1. The molecule has 0 aliphatic carbocycles. The van der Waals surface area contributed by atoms with Crippen LogP contribution in [0.5, 0.6) is 0 Å².